The summed E-state index contributed by atoms with van der Waals surface area (Å²) >= 11 is 0. The van der Waals surface area contributed by atoms with E-state index in [1.807, 2.05) is 0 Å². The minimum atomic E-state index is 0.406. The lowest BCUT2D eigenvalue weighted by molar-refractivity contribution is 0.0329. The molecule has 108 valence electrons. The highest BCUT2D eigenvalue weighted by atomic mass is 16.5. The summed E-state index contributed by atoms with van der Waals surface area (Å²) in [4.78, 5) is 4.88. The topological polar surface area (TPSA) is 24.9 Å². The van der Waals surface area contributed by atoms with Gasteiger partial charge in [-0.1, -0.05) is 6.92 Å². The molecule has 0 saturated carbocycles. The van der Waals surface area contributed by atoms with E-state index in [9.17, 15) is 0 Å². The van der Waals surface area contributed by atoms with Crippen LogP contribution in [0.5, 0.6) is 0 Å². The third-order valence-corrected chi connectivity index (χ3v) is 3.56. The summed E-state index contributed by atoms with van der Waals surface area (Å²) in [5, 5.41) is 0. The van der Waals surface area contributed by atoms with Gasteiger partial charge in [0.15, 0.2) is 0 Å². The fourth-order valence-electron chi connectivity index (χ4n) is 1.99. The zero-order valence-electron chi connectivity index (χ0n) is 12.4. The minimum absolute atomic E-state index is 0.406. The molecule has 1 aliphatic heterocycles. The molecule has 1 fully saturated rings. The highest BCUT2D eigenvalue weighted by Crippen LogP contribution is 1.99. The molecule has 1 heterocycles. The molecule has 0 aromatic rings. The van der Waals surface area contributed by atoms with Crippen molar-refractivity contribution in [3.63, 3.8) is 0 Å². The van der Waals surface area contributed by atoms with Gasteiger partial charge in [0.25, 0.3) is 0 Å². The second kappa shape index (κ2) is 9.73. The average molecular weight is 258 g/mol. The fraction of sp³-hybridized carbons (Fsp3) is 1.00. The Morgan fingerprint density at radius 1 is 1.28 bits per heavy atom. The number of hydrogen-bond donors (Lipinski definition) is 0. The van der Waals surface area contributed by atoms with Crippen molar-refractivity contribution >= 4 is 0 Å². The fourth-order valence-corrected chi connectivity index (χ4v) is 1.99. The zero-order valence-corrected chi connectivity index (χ0v) is 12.4. The Morgan fingerprint density at radius 2 is 2.00 bits per heavy atom. The quantitative estimate of drug-likeness (QED) is 0.585. The Kier molecular flexibility index (Phi) is 8.59. The molecule has 18 heavy (non-hydrogen) atoms. The van der Waals surface area contributed by atoms with Gasteiger partial charge in [-0.2, -0.15) is 0 Å². The number of ether oxygens (including phenoxy) is 2. The van der Waals surface area contributed by atoms with Crippen molar-refractivity contribution in [2.75, 3.05) is 59.6 Å². The number of morpholine rings is 1. The SMILES string of the molecule is CCC(C)OCCCN(C)CCN1CCOCC1. The van der Waals surface area contributed by atoms with Crippen LogP contribution in [0, 0.1) is 0 Å². The van der Waals surface area contributed by atoms with Crippen LogP contribution in [0.2, 0.25) is 0 Å². The maximum absolute atomic E-state index is 5.68. The lowest BCUT2D eigenvalue weighted by atomic mass is 10.3. The Labute approximate surface area is 112 Å². The summed E-state index contributed by atoms with van der Waals surface area (Å²) in [5.74, 6) is 0. The first-order chi connectivity index (χ1) is 8.72. The number of nitrogens with zero attached hydrogens (tertiary/aromatic N) is 2. The number of hydrogen-bond acceptors (Lipinski definition) is 4. The smallest absolute Gasteiger partial charge is 0.0594 e. The zero-order chi connectivity index (χ0) is 13.2. The monoisotopic (exact) mass is 258 g/mol. The molecular weight excluding hydrogens is 228 g/mol. The maximum Gasteiger partial charge on any atom is 0.0594 e. The van der Waals surface area contributed by atoms with Gasteiger partial charge in [-0.15, -0.1) is 0 Å². The summed E-state index contributed by atoms with van der Waals surface area (Å²) in [7, 11) is 2.20. The lowest BCUT2D eigenvalue weighted by Crippen LogP contribution is -2.40. The van der Waals surface area contributed by atoms with Crippen LogP contribution in [-0.4, -0.2) is 75.5 Å². The Balaban J connectivity index is 1.94. The highest BCUT2D eigenvalue weighted by molar-refractivity contribution is 4.64. The van der Waals surface area contributed by atoms with Crippen LogP contribution in [0.15, 0.2) is 0 Å². The first kappa shape index (κ1) is 15.9. The normalized spacial score (nSPS) is 19.3. The van der Waals surface area contributed by atoms with E-state index in [0.717, 1.165) is 65.4 Å². The molecule has 0 aromatic heterocycles. The standard InChI is InChI=1S/C14H30N2O2/c1-4-14(2)18-11-5-6-15(3)7-8-16-9-12-17-13-10-16/h14H,4-13H2,1-3H3. The van der Waals surface area contributed by atoms with Crippen LogP contribution in [0.4, 0.5) is 0 Å². The van der Waals surface area contributed by atoms with Crippen molar-refractivity contribution in [1.29, 1.82) is 0 Å². The van der Waals surface area contributed by atoms with Crippen molar-refractivity contribution in [3.05, 3.63) is 0 Å². The molecule has 0 spiro atoms. The van der Waals surface area contributed by atoms with Crippen LogP contribution in [-0.2, 0) is 9.47 Å². The van der Waals surface area contributed by atoms with Gasteiger partial charge in [-0.25, -0.2) is 0 Å². The largest absolute Gasteiger partial charge is 0.379 e. The van der Waals surface area contributed by atoms with Crippen molar-refractivity contribution in [1.82, 2.24) is 9.80 Å². The Bertz CT molecular complexity index is 196. The van der Waals surface area contributed by atoms with Crippen LogP contribution in [0.1, 0.15) is 26.7 Å². The Morgan fingerprint density at radius 3 is 2.67 bits per heavy atom. The summed E-state index contributed by atoms with van der Waals surface area (Å²) in [6.45, 7) is 12.6. The number of rotatable bonds is 9. The van der Waals surface area contributed by atoms with Crippen LogP contribution in [0.25, 0.3) is 0 Å². The molecule has 1 saturated heterocycles. The van der Waals surface area contributed by atoms with Gasteiger partial charge < -0.3 is 14.4 Å². The lowest BCUT2D eigenvalue weighted by Gasteiger charge is -2.28. The van der Waals surface area contributed by atoms with E-state index >= 15 is 0 Å². The molecule has 0 aliphatic carbocycles. The van der Waals surface area contributed by atoms with Gasteiger partial charge in [-0.3, -0.25) is 4.90 Å². The van der Waals surface area contributed by atoms with Gasteiger partial charge in [0.2, 0.25) is 0 Å². The molecule has 1 rings (SSSR count). The van der Waals surface area contributed by atoms with E-state index in [2.05, 4.69) is 30.7 Å². The van der Waals surface area contributed by atoms with Gasteiger partial charge >= 0.3 is 0 Å². The molecule has 0 aromatic carbocycles. The molecule has 0 bridgehead atoms. The molecule has 4 heteroatoms. The van der Waals surface area contributed by atoms with Gasteiger partial charge in [0.05, 0.1) is 19.3 Å². The molecule has 1 aliphatic rings. The van der Waals surface area contributed by atoms with Gasteiger partial charge in [-0.05, 0) is 26.8 Å². The highest BCUT2D eigenvalue weighted by Gasteiger charge is 2.10. The third kappa shape index (κ3) is 7.31. The predicted molar refractivity (Wildman–Crippen MR) is 75.1 cm³/mol. The first-order valence-corrected chi connectivity index (χ1v) is 7.32. The van der Waals surface area contributed by atoms with Crippen molar-refractivity contribution in [2.24, 2.45) is 0 Å². The average Bonchev–Trinajstić information content (AvgIpc) is 2.42. The molecule has 1 unspecified atom stereocenters. The van der Waals surface area contributed by atoms with Crippen LogP contribution in [0.3, 0.4) is 0 Å². The molecule has 4 nitrogen and oxygen atoms in total. The summed E-state index contributed by atoms with van der Waals surface area (Å²) in [5.41, 5.74) is 0. The number of likely N-dealkylation sites (N-methyl/N-ethyl adjacent to an activating group) is 1. The summed E-state index contributed by atoms with van der Waals surface area (Å²) in [6.07, 6.45) is 2.64. The van der Waals surface area contributed by atoms with E-state index < -0.39 is 0 Å². The maximum atomic E-state index is 5.68. The second-order valence-corrected chi connectivity index (χ2v) is 5.20. The predicted octanol–water partition coefficient (Wildman–Crippen LogP) is 1.46. The summed E-state index contributed by atoms with van der Waals surface area (Å²) < 4.78 is 11.0. The van der Waals surface area contributed by atoms with E-state index in [4.69, 9.17) is 9.47 Å². The third-order valence-electron chi connectivity index (χ3n) is 3.56. The van der Waals surface area contributed by atoms with Crippen LogP contribution >= 0.6 is 0 Å². The van der Waals surface area contributed by atoms with Crippen molar-refractivity contribution in [2.45, 2.75) is 32.8 Å². The second-order valence-electron chi connectivity index (χ2n) is 5.20. The van der Waals surface area contributed by atoms with Crippen molar-refractivity contribution < 1.29 is 9.47 Å². The molecule has 0 radical (unpaired) electrons. The van der Waals surface area contributed by atoms with Crippen LogP contribution < -0.4 is 0 Å². The summed E-state index contributed by atoms with van der Waals surface area (Å²) in [6, 6.07) is 0. The molecule has 1 atom stereocenters. The Hall–Kier alpha value is -0.160. The molecular formula is C14H30N2O2. The van der Waals surface area contributed by atoms with E-state index in [-0.39, 0.29) is 0 Å². The van der Waals surface area contributed by atoms with Gasteiger partial charge in [0, 0.05) is 39.3 Å². The minimum Gasteiger partial charge on any atom is -0.379 e. The van der Waals surface area contributed by atoms with Gasteiger partial charge in [0.1, 0.15) is 0 Å². The first-order valence-electron chi connectivity index (χ1n) is 7.32. The van der Waals surface area contributed by atoms with E-state index in [1.54, 1.807) is 0 Å². The van der Waals surface area contributed by atoms with Crippen molar-refractivity contribution in [3.8, 4) is 0 Å². The molecule has 0 N–H and O–H groups in total. The van der Waals surface area contributed by atoms with E-state index in [1.165, 1.54) is 0 Å². The van der Waals surface area contributed by atoms with E-state index in [0.29, 0.717) is 6.10 Å². The molecule has 0 amide bonds.